The molecule has 1 atom stereocenters. The molecule has 3 rings (SSSR count). The predicted molar refractivity (Wildman–Crippen MR) is 85.2 cm³/mol. The third kappa shape index (κ3) is 2.23. The summed E-state index contributed by atoms with van der Waals surface area (Å²) in [5.41, 5.74) is 5.24. The summed E-state index contributed by atoms with van der Waals surface area (Å²) >= 11 is 0. The lowest BCUT2D eigenvalue weighted by Crippen LogP contribution is -2.41. The highest BCUT2D eigenvalue weighted by atomic mass is 16.2. The van der Waals surface area contributed by atoms with E-state index in [4.69, 9.17) is 5.73 Å². The molecule has 5 heteroatoms. The summed E-state index contributed by atoms with van der Waals surface area (Å²) in [7, 11) is 0. The van der Waals surface area contributed by atoms with Crippen LogP contribution in [0.4, 0.5) is 4.79 Å². The molecule has 3 N–H and O–H groups in total. The second-order valence-corrected chi connectivity index (χ2v) is 5.72. The molecular formula is C17H19N3O2. The predicted octanol–water partition coefficient (Wildman–Crippen LogP) is 1.96. The van der Waals surface area contributed by atoms with Gasteiger partial charge in [0.15, 0.2) is 0 Å². The molecule has 0 aromatic heterocycles. The molecule has 1 saturated heterocycles. The van der Waals surface area contributed by atoms with E-state index < -0.39 is 5.54 Å². The lowest BCUT2D eigenvalue weighted by atomic mass is 9.90. The topological polar surface area (TPSA) is 75.4 Å². The molecule has 0 bridgehead atoms. The molecule has 1 fully saturated rings. The molecule has 1 aliphatic heterocycles. The van der Waals surface area contributed by atoms with E-state index in [0.29, 0.717) is 19.5 Å². The number of fused-ring (bicyclic) bond motifs is 1. The molecule has 0 spiro atoms. The van der Waals surface area contributed by atoms with Gasteiger partial charge in [-0.1, -0.05) is 36.4 Å². The van der Waals surface area contributed by atoms with Gasteiger partial charge in [-0.2, -0.15) is 0 Å². The smallest absolute Gasteiger partial charge is 0.325 e. The van der Waals surface area contributed by atoms with Crippen molar-refractivity contribution >= 4 is 22.7 Å². The molecule has 2 aromatic carbocycles. The second-order valence-electron chi connectivity index (χ2n) is 5.72. The van der Waals surface area contributed by atoms with Crippen LogP contribution in [0.15, 0.2) is 42.5 Å². The van der Waals surface area contributed by atoms with Crippen molar-refractivity contribution in [2.24, 2.45) is 5.73 Å². The van der Waals surface area contributed by atoms with Gasteiger partial charge in [0.05, 0.1) is 0 Å². The summed E-state index contributed by atoms with van der Waals surface area (Å²) in [6, 6.07) is 13.4. The number of rotatable bonds is 4. The van der Waals surface area contributed by atoms with Gasteiger partial charge in [-0.3, -0.25) is 9.69 Å². The molecule has 2 aromatic rings. The van der Waals surface area contributed by atoms with Gasteiger partial charge < -0.3 is 11.1 Å². The number of urea groups is 1. The molecule has 3 amide bonds. The van der Waals surface area contributed by atoms with Crippen molar-refractivity contribution in [1.82, 2.24) is 10.2 Å². The fourth-order valence-corrected chi connectivity index (χ4v) is 2.85. The Labute approximate surface area is 129 Å². The van der Waals surface area contributed by atoms with E-state index in [9.17, 15) is 9.59 Å². The van der Waals surface area contributed by atoms with Crippen LogP contribution in [0.5, 0.6) is 0 Å². The number of amides is 3. The average Bonchev–Trinajstić information content (AvgIpc) is 2.75. The van der Waals surface area contributed by atoms with Crippen LogP contribution in [0.2, 0.25) is 0 Å². The fourth-order valence-electron chi connectivity index (χ4n) is 2.85. The Morgan fingerprint density at radius 1 is 1.14 bits per heavy atom. The van der Waals surface area contributed by atoms with Gasteiger partial charge in [0, 0.05) is 6.54 Å². The Morgan fingerprint density at radius 2 is 1.86 bits per heavy atom. The van der Waals surface area contributed by atoms with Gasteiger partial charge in [0.1, 0.15) is 5.54 Å². The normalized spacial score (nSPS) is 21.5. The first kappa shape index (κ1) is 14.5. The van der Waals surface area contributed by atoms with E-state index >= 15 is 0 Å². The molecular weight excluding hydrogens is 278 g/mol. The molecule has 0 radical (unpaired) electrons. The van der Waals surface area contributed by atoms with E-state index in [1.807, 2.05) is 42.5 Å². The van der Waals surface area contributed by atoms with Crippen LogP contribution in [0.25, 0.3) is 10.8 Å². The van der Waals surface area contributed by atoms with Gasteiger partial charge >= 0.3 is 6.03 Å². The molecule has 5 nitrogen and oxygen atoms in total. The number of imide groups is 1. The maximum Gasteiger partial charge on any atom is 0.325 e. The van der Waals surface area contributed by atoms with Crippen molar-refractivity contribution in [3.63, 3.8) is 0 Å². The quantitative estimate of drug-likeness (QED) is 0.847. The highest BCUT2D eigenvalue weighted by Crippen LogP contribution is 2.30. The molecule has 1 unspecified atom stereocenters. The molecule has 1 aliphatic rings. The van der Waals surface area contributed by atoms with Gasteiger partial charge in [0.25, 0.3) is 5.91 Å². The zero-order valence-corrected chi connectivity index (χ0v) is 12.5. The molecule has 0 aliphatic carbocycles. The van der Waals surface area contributed by atoms with Crippen LogP contribution >= 0.6 is 0 Å². The Bertz CT molecular complexity index is 744. The van der Waals surface area contributed by atoms with E-state index in [0.717, 1.165) is 16.3 Å². The second kappa shape index (κ2) is 5.42. The number of carbonyl (C=O) groups is 2. The summed E-state index contributed by atoms with van der Waals surface area (Å²) in [6.45, 7) is 2.55. The van der Waals surface area contributed by atoms with Crippen molar-refractivity contribution in [2.45, 2.75) is 18.9 Å². The first-order valence-electron chi connectivity index (χ1n) is 7.40. The van der Waals surface area contributed by atoms with Crippen LogP contribution in [-0.4, -0.2) is 29.9 Å². The van der Waals surface area contributed by atoms with E-state index in [-0.39, 0.29) is 11.9 Å². The minimum Gasteiger partial charge on any atom is -0.330 e. The number of benzene rings is 2. The number of hydrogen-bond acceptors (Lipinski definition) is 3. The molecule has 114 valence electrons. The maximum atomic E-state index is 12.7. The largest absolute Gasteiger partial charge is 0.330 e. The standard InChI is InChI=1S/C17H19N3O2/c1-17(15(21)20(10-4-9-18)16(22)19-17)14-8-7-12-5-2-3-6-13(12)11-14/h2-3,5-8,11H,4,9-10,18H2,1H3,(H,19,22). The summed E-state index contributed by atoms with van der Waals surface area (Å²) in [5, 5.41) is 4.97. The number of nitrogens with one attached hydrogen (secondary N) is 1. The number of carbonyl (C=O) groups excluding carboxylic acids is 2. The van der Waals surface area contributed by atoms with Crippen LogP contribution in [0.3, 0.4) is 0 Å². The Kier molecular flexibility index (Phi) is 3.58. The van der Waals surface area contributed by atoms with Crippen LogP contribution < -0.4 is 11.1 Å². The number of nitrogens with zero attached hydrogens (tertiary/aromatic N) is 1. The van der Waals surface area contributed by atoms with Crippen LogP contribution in [-0.2, 0) is 10.3 Å². The zero-order chi connectivity index (χ0) is 15.7. The van der Waals surface area contributed by atoms with Crippen molar-refractivity contribution < 1.29 is 9.59 Å². The van der Waals surface area contributed by atoms with Gasteiger partial charge in [0.2, 0.25) is 0 Å². The Morgan fingerprint density at radius 3 is 2.59 bits per heavy atom. The summed E-state index contributed by atoms with van der Waals surface area (Å²) in [6.07, 6.45) is 0.604. The molecule has 22 heavy (non-hydrogen) atoms. The van der Waals surface area contributed by atoms with Crippen molar-refractivity contribution in [3.05, 3.63) is 48.0 Å². The minimum atomic E-state index is -1.02. The minimum absolute atomic E-state index is 0.221. The lowest BCUT2D eigenvalue weighted by molar-refractivity contribution is -0.131. The zero-order valence-electron chi connectivity index (χ0n) is 12.5. The van der Waals surface area contributed by atoms with Crippen LogP contribution in [0, 0.1) is 0 Å². The lowest BCUT2D eigenvalue weighted by Gasteiger charge is -2.22. The Hall–Kier alpha value is -2.40. The maximum absolute atomic E-state index is 12.7. The van der Waals surface area contributed by atoms with Crippen molar-refractivity contribution in [3.8, 4) is 0 Å². The van der Waals surface area contributed by atoms with E-state index in [1.165, 1.54) is 4.90 Å². The highest BCUT2D eigenvalue weighted by Gasteiger charge is 2.48. The fraction of sp³-hybridized carbons (Fsp3) is 0.294. The van der Waals surface area contributed by atoms with Gasteiger partial charge in [-0.05, 0) is 42.3 Å². The van der Waals surface area contributed by atoms with Gasteiger partial charge in [-0.25, -0.2) is 4.79 Å². The first-order chi connectivity index (χ1) is 10.6. The number of hydrogen-bond donors (Lipinski definition) is 2. The van der Waals surface area contributed by atoms with Gasteiger partial charge in [-0.15, -0.1) is 0 Å². The third-order valence-electron chi connectivity index (χ3n) is 4.19. The summed E-state index contributed by atoms with van der Waals surface area (Å²) < 4.78 is 0. The molecule has 0 saturated carbocycles. The first-order valence-corrected chi connectivity index (χ1v) is 7.40. The highest BCUT2D eigenvalue weighted by molar-refractivity contribution is 6.07. The van der Waals surface area contributed by atoms with Crippen LogP contribution in [0.1, 0.15) is 18.9 Å². The summed E-state index contributed by atoms with van der Waals surface area (Å²) in [5.74, 6) is -0.221. The average molecular weight is 297 g/mol. The van der Waals surface area contributed by atoms with E-state index in [2.05, 4.69) is 5.32 Å². The number of nitrogens with two attached hydrogens (primary N) is 1. The van der Waals surface area contributed by atoms with Crippen molar-refractivity contribution in [1.29, 1.82) is 0 Å². The Balaban J connectivity index is 1.98. The summed E-state index contributed by atoms with van der Waals surface area (Å²) in [4.78, 5) is 26.0. The monoisotopic (exact) mass is 297 g/mol. The van der Waals surface area contributed by atoms with Crippen molar-refractivity contribution in [2.75, 3.05) is 13.1 Å². The third-order valence-corrected chi connectivity index (χ3v) is 4.19. The molecule has 1 heterocycles. The SMILES string of the molecule is CC1(c2ccc3ccccc3c2)NC(=O)N(CCCN)C1=O. The van der Waals surface area contributed by atoms with E-state index in [1.54, 1.807) is 6.92 Å².